The van der Waals surface area contributed by atoms with Crippen LogP contribution in [-0.2, 0) is 6.54 Å². The largest absolute Gasteiger partial charge is 0.493 e. The molecule has 0 atom stereocenters. The zero-order valence-corrected chi connectivity index (χ0v) is 11.9. The van der Waals surface area contributed by atoms with Crippen molar-refractivity contribution >= 4 is 17.3 Å². The molecule has 2 rings (SSSR count). The van der Waals surface area contributed by atoms with E-state index in [1.54, 1.807) is 36.5 Å². The molecule has 112 valence electrons. The number of hydrogen-bond acceptors (Lipinski definition) is 4. The lowest BCUT2D eigenvalue weighted by molar-refractivity contribution is -0.0517. The number of alkyl halides is 2. The van der Waals surface area contributed by atoms with Crippen molar-refractivity contribution in [2.24, 2.45) is 0 Å². The minimum atomic E-state index is -2.92. The number of pyridine rings is 1. The Balaban J connectivity index is 2.16. The summed E-state index contributed by atoms with van der Waals surface area (Å²) >= 11 is 5.69. The average Bonchev–Trinajstić information content (AvgIpc) is 2.47. The molecule has 0 radical (unpaired) electrons. The summed E-state index contributed by atoms with van der Waals surface area (Å²) in [4.78, 5) is 3.92. The van der Waals surface area contributed by atoms with Crippen LogP contribution in [0.15, 0.2) is 36.5 Å². The van der Waals surface area contributed by atoms with E-state index in [0.717, 1.165) is 0 Å². The van der Waals surface area contributed by atoms with Gasteiger partial charge < -0.3 is 14.8 Å². The van der Waals surface area contributed by atoms with Gasteiger partial charge in [-0.25, -0.2) is 4.98 Å². The fourth-order valence-corrected chi connectivity index (χ4v) is 1.87. The summed E-state index contributed by atoms with van der Waals surface area (Å²) in [6.07, 6.45) is 1.55. The number of para-hydroxylation sites is 1. The number of nitrogens with zero attached hydrogens (tertiary/aromatic N) is 1. The quantitative estimate of drug-likeness (QED) is 0.820. The molecule has 7 heteroatoms. The third kappa shape index (κ3) is 4.19. The molecule has 0 bridgehead atoms. The molecule has 2 aromatic rings. The number of anilines is 1. The molecule has 0 fully saturated rings. The smallest absolute Gasteiger partial charge is 0.387 e. The van der Waals surface area contributed by atoms with Crippen LogP contribution in [0.1, 0.15) is 5.56 Å². The molecular formula is C14H13ClF2N2O2. The first-order chi connectivity index (χ1) is 10.1. The van der Waals surface area contributed by atoms with E-state index in [9.17, 15) is 8.78 Å². The summed E-state index contributed by atoms with van der Waals surface area (Å²) in [5, 5.41) is 3.43. The van der Waals surface area contributed by atoms with Crippen molar-refractivity contribution in [3.8, 4) is 11.5 Å². The van der Waals surface area contributed by atoms with Gasteiger partial charge in [0, 0.05) is 12.1 Å². The minimum absolute atomic E-state index is 0.0180. The number of hydrogen-bond donors (Lipinski definition) is 1. The van der Waals surface area contributed by atoms with Gasteiger partial charge >= 0.3 is 6.61 Å². The molecule has 0 saturated heterocycles. The van der Waals surface area contributed by atoms with Crippen LogP contribution in [0, 0.1) is 0 Å². The fraction of sp³-hybridized carbons (Fsp3) is 0.214. The van der Waals surface area contributed by atoms with Crippen LogP contribution >= 0.6 is 11.6 Å². The van der Waals surface area contributed by atoms with Crippen LogP contribution in [0.2, 0.25) is 5.15 Å². The number of methoxy groups -OCH3 is 1. The Morgan fingerprint density at radius 1 is 1.29 bits per heavy atom. The number of nitrogens with one attached hydrogen (secondary N) is 1. The van der Waals surface area contributed by atoms with E-state index >= 15 is 0 Å². The van der Waals surface area contributed by atoms with E-state index < -0.39 is 6.61 Å². The maximum Gasteiger partial charge on any atom is 0.387 e. The highest BCUT2D eigenvalue weighted by molar-refractivity contribution is 6.29. The third-order valence-electron chi connectivity index (χ3n) is 2.70. The maximum atomic E-state index is 12.5. The molecular weight excluding hydrogens is 302 g/mol. The van der Waals surface area contributed by atoms with Crippen molar-refractivity contribution in [2.45, 2.75) is 13.2 Å². The topological polar surface area (TPSA) is 43.4 Å². The Bertz CT molecular complexity index is 594. The number of ether oxygens (including phenoxy) is 2. The minimum Gasteiger partial charge on any atom is -0.493 e. The Morgan fingerprint density at radius 2 is 2.10 bits per heavy atom. The number of benzene rings is 1. The van der Waals surface area contributed by atoms with Crippen LogP contribution in [0.4, 0.5) is 14.5 Å². The summed E-state index contributed by atoms with van der Waals surface area (Å²) in [5.74, 6) is 0.272. The van der Waals surface area contributed by atoms with Crippen molar-refractivity contribution < 1.29 is 18.3 Å². The fourth-order valence-electron chi connectivity index (χ4n) is 1.76. The number of rotatable bonds is 6. The van der Waals surface area contributed by atoms with E-state index in [1.165, 1.54) is 7.11 Å². The molecule has 1 aromatic carbocycles. The Morgan fingerprint density at radius 3 is 2.71 bits per heavy atom. The first-order valence-electron chi connectivity index (χ1n) is 6.06. The van der Waals surface area contributed by atoms with Crippen molar-refractivity contribution in [3.63, 3.8) is 0 Å². The van der Waals surface area contributed by atoms with Crippen molar-refractivity contribution in [2.75, 3.05) is 12.4 Å². The second kappa shape index (κ2) is 7.08. The number of halogens is 3. The predicted octanol–water partition coefficient (Wildman–Crippen LogP) is 3.96. The first kappa shape index (κ1) is 15.3. The number of aromatic nitrogens is 1. The molecule has 0 spiro atoms. The van der Waals surface area contributed by atoms with Gasteiger partial charge in [-0.2, -0.15) is 8.78 Å². The van der Waals surface area contributed by atoms with Gasteiger partial charge in [-0.1, -0.05) is 23.7 Å². The van der Waals surface area contributed by atoms with E-state index in [2.05, 4.69) is 15.0 Å². The lowest BCUT2D eigenvalue weighted by Crippen LogP contribution is -2.08. The monoisotopic (exact) mass is 314 g/mol. The van der Waals surface area contributed by atoms with Crippen LogP contribution in [0.25, 0.3) is 0 Å². The normalized spacial score (nSPS) is 10.5. The molecule has 0 aliphatic rings. The molecule has 0 amide bonds. The van der Waals surface area contributed by atoms with Crippen LogP contribution in [0.3, 0.4) is 0 Å². The molecule has 1 aromatic heterocycles. The summed E-state index contributed by atoms with van der Waals surface area (Å²) in [7, 11) is 1.40. The molecule has 0 unspecified atom stereocenters. The Labute approximate surface area is 125 Å². The van der Waals surface area contributed by atoms with Crippen molar-refractivity contribution in [1.82, 2.24) is 4.98 Å². The molecule has 21 heavy (non-hydrogen) atoms. The molecule has 1 N–H and O–H groups in total. The van der Waals surface area contributed by atoms with E-state index in [4.69, 9.17) is 16.3 Å². The standard InChI is InChI=1S/C14H13ClF2N2O2/c1-20-11-4-2-3-9(13(11)21-14(16)17)7-18-10-5-6-12(15)19-8-10/h2-6,8,14,18H,7H2,1H3. The SMILES string of the molecule is COc1cccc(CNc2ccc(Cl)nc2)c1OC(F)F. The van der Waals surface area contributed by atoms with Gasteiger partial charge in [0.1, 0.15) is 5.15 Å². The van der Waals surface area contributed by atoms with Gasteiger partial charge in [0.05, 0.1) is 19.0 Å². The van der Waals surface area contributed by atoms with Gasteiger partial charge in [0.2, 0.25) is 0 Å². The lowest BCUT2D eigenvalue weighted by Gasteiger charge is -2.15. The zero-order valence-electron chi connectivity index (χ0n) is 11.1. The van der Waals surface area contributed by atoms with Gasteiger partial charge in [0.25, 0.3) is 0 Å². The van der Waals surface area contributed by atoms with E-state index in [1.807, 2.05) is 0 Å². The van der Waals surface area contributed by atoms with Gasteiger partial charge in [-0.3, -0.25) is 0 Å². The first-order valence-corrected chi connectivity index (χ1v) is 6.44. The Hall–Kier alpha value is -2.08. The highest BCUT2D eigenvalue weighted by atomic mass is 35.5. The van der Waals surface area contributed by atoms with Gasteiger partial charge in [0.15, 0.2) is 11.5 Å². The van der Waals surface area contributed by atoms with Gasteiger partial charge in [-0.15, -0.1) is 0 Å². The highest BCUT2D eigenvalue weighted by Crippen LogP contribution is 2.32. The maximum absolute atomic E-state index is 12.5. The summed E-state index contributed by atoms with van der Waals surface area (Å²) < 4.78 is 34.6. The second-order valence-corrected chi connectivity index (χ2v) is 4.44. The zero-order chi connectivity index (χ0) is 15.2. The molecule has 1 heterocycles. The van der Waals surface area contributed by atoms with Gasteiger partial charge in [-0.05, 0) is 18.2 Å². The Kier molecular flexibility index (Phi) is 5.16. The highest BCUT2D eigenvalue weighted by Gasteiger charge is 2.15. The van der Waals surface area contributed by atoms with E-state index in [0.29, 0.717) is 16.4 Å². The van der Waals surface area contributed by atoms with Crippen molar-refractivity contribution in [3.05, 3.63) is 47.2 Å². The van der Waals surface area contributed by atoms with Crippen LogP contribution in [-0.4, -0.2) is 18.7 Å². The average molecular weight is 315 g/mol. The predicted molar refractivity (Wildman–Crippen MR) is 76.2 cm³/mol. The summed E-state index contributed by atoms with van der Waals surface area (Å²) in [5.41, 5.74) is 1.26. The molecule has 0 aliphatic carbocycles. The van der Waals surface area contributed by atoms with Crippen LogP contribution in [0.5, 0.6) is 11.5 Å². The third-order valence-corrected chi connectivity index (χ3v) is 2.92. The van der Waals surface area contributed by atoms with E-state index in [-0.39, 0.29) is 18.0 Å². The molecule has 4 nitrogen and oxygen atoms in total. The summed E-state index contributed by atoms with van der Waals surface area (Å²) in [6.45, 7) is -2.64. The molecule has 0 aliphatic heterocycles. The molecule has 0 saturated carbocycles. The summed E-state index contributed by atoms with van der Waals surface area (Å²) in [6, 6.07) is 8.31. The lowest BCUT2D eigenvalue weighted by atomic mass is 10.2. The van der Waals surface area contributed by atoms with Crippen molar-refractivity contribution in [1.29, 1.82) is 0 Å². The van der Waals surface area contributed by atoms with Crippen LogP contribution < -0.4 is 14.8 Å². The second-order valence-electron chi connectivity index (χ2n) is 4.05.